The molecule has 0 saturated heterocycles. The largest absolute Gasteiger partial charge is 0.507 e. The van der Waals surface area contributed by atoms with E-state index in [9.17, 15) is 5.11 Å². The van der Waals surface area contributed by atoms with Crippen LogP contribution in [-0.4, -0.2) is 19.3 Å². The lowest BCUT2D eigenvalue weighted by atomic mass is 10.0. The van der Waals surface area contributed by atoms with Crippen molar-refractivity contribution in [2.24, 2.45) is 0 Å². The van der Waals surface area contributed by atoms with Crippen molar-refractivity contribution < 1.29 is 19.3 Å². The van der Waals surface area contributed by atoms with Crippen LogP contribution in [0, 0.1) is 0 Å². The van der Waals surface area contributed by atoms with Crippen LogP contribution in [0.5, 0.6) is 28.7 Å². The van der Waals surface area contributed by atoms with Crippen molar-refractivity contribution in [3.63, 3.8) is 0 Å². The highest BCUT2D eigenvalue weighted by Gasteiger charge is 2.12. The summed E-state index contributed by atoms with van der Waals surface area (Å²) in [5, 5.41) is 10.0. The maximum atomic E-state index is 10.0. The average molecular weight is 322 g/mol. The fourth-order valence-corrected chi connectivity index (χ4v) is 2.51. The second-order valence-electron chi connectivity index (χ2n) is 5.14. The molecule has 0 unspecified atom stereocenters. The minimum Gasteiger partial charge on any atom is -0.507 e. The summed E-state index contributed by atoms with van der Waals surface area (Å²) < 4.78 is 16.6. The molecule has 0 aliphatic heterocycles. The Bertz CT molecular complexity index is 843. The van der Waals surface area contributed by atoms with Gasteiger partial charge in [0.05, 0.1) is 14.2 Å². The molecule has 0 fully saturated rings. The number of rotatable bonds is 5. The first-order valence-electron chi connectivity index (χ1n) is 7.50. The van der Waals surface area contributed by atoms with Gasteiger partial charge in [-0.05, 0) is 35.9 Å². The zero-order valence-electron chi connectivity index (χ0n) is 13.5. The molecule has 0 amide bonds. The van der Waals surface area contributed by atoms with Crippen LogP contribution in [0.4, 0.5) is 0 Å². The minimum atomic E-state index is 0.230. The first kappa shape index (κ1) is 15.7. The van der Waals surface area contributed by atoms with Crippen molar-refractivity contribution in [3.05, 3.63) is 66.7 Å². The Labute approximate surface area is 140 Å². The lowest BCUT2D eigenvalue weighted by Gasteiger charge is -2.14. The number of phenolic OH excluding ortho intramolecular Hbond substituents is 1. The van der Waals surface area contributed by atoms with Crippen LogP contribution in [0.15, 0.2) is 66.7 Å². The van der Waals surface area contributed by atoms with Gasteiger partial charge in [-0.3, -0.25) is 0 Å². The Morgan fingerprint density at radius 3 is 2.25 bits per heavy atom. The van der Waals surface area contributed by atoms with Gasteiger partial charge in [0.15, 0.2) is 11.5 Å². The normalized spacial score (nSPS) is 10.2. The van der Waals surface area contributed by atoms with Gasteiger partial charge < -0.3 is 19.3 Å². The summed E-state index contributed by atoms with van der Waals surface area (Å²) in [7, 11) is 3.16. The van der Waals surface area contributed by atoms with E-state index in [4.69, 9.17) is 14.2 Å². The van der Waals surface area contributed by atoms with Crippen molar-refractivity contribution in [2.45, 2.75) is 0 Å². The molecule has 1 N–H and O–H groups in total. The van der Waals surface area contributed by atoms with E-state index >= 15 is 0 Å². The fourth-order valence-electron chi connectivity index (χ4n) is 2.51. The maximum Gasteiger partial charge on any atom is 0.203 e. The predicted octanol–water partition coefficient (Wildman–Crippen LogP) is 4.87. The molecule has 4 nitrogen and oxygen atoms in total. The van der Waals surface area contributed by atoms with Crippen LogP contribution < -0.4 is 14.2 Å². The summed E-state index contributed by atoms with van der Waals surface area (Å²) in [5.74, 6) is 2.57. The summed E-state index contributed by atoms with van der Waals surface area (Å²) in [6, 6.07) is 20.2. The van der Waals surface area contributed by atoms with Crippen LogP contribution in [-0.2, 0) is 0 Å². The fraction of sp³-hybridized carbons (Fsp3) is 0.100. The standard InChI is InChI=1S/C20H18O4/c1-22-18-11-6-12-19(20(18)23-2)24-15-8-5-7-14(13-15)16-9-3-4-10-17(16)21/h3-13,21H,1-2H3. The Morgan fingerprint density at radius 2 is 1.50 bits per heavy atom. The number of benzene rings is 3. The topological polar surface area (TPSA) is 47.9 Å². The number of methoxy groups -OCH3 is 2. The molecule has 0 saturated carbocycles. The molecule has 0 heterocycles. The van der Waals surface area contributed by atoms with Crippen LogP contribution in [0.1, 0.15) is 0 Å². The van der Waals surface area contributed by atoms with E-state index in [0.29, 0.717) is 23.0 Å². The van der Waals surface area contributed by atoms with Gasteiger partial charge in [-0.2, -0.15) is 0 Å². The van der Waals surface area contributed by atoms with Crippen LogP contribution in [0.3, 0.4) is 0 Å². The van der Waals surface area contributed by atoms with Gasteiger partial charge in [-0.1, -0.05) is 36.4 Å². The van der Waals surface area contributed by atoms with Gasteiger partial charge in [0.25, 0.3) is 0 Å². The third kappa shape index (κ3) is 3.13. The zero-order chi connectivity index (χ0) is 16.9. The number of aromatic hydroxyl groups is 1. The number of phenols is 1. The van der Waals surface area contributed by atoms with Gasteiger partial charge in [0.1, 0.15) is 11.5 Å². The van der Waals surface area contributed by atoms with Crippen molar-refractivity contribution >= 4 is 0 Å². The van der Waals surface area contributed by atoms with E-state index in [2.05, 4.69) is 0 Å². The van der Waals surface area contributed by atoms with Crippen molar-refractivity contribution in [3.8, 4) is 39.9 Å². The smallest absolute Gasteiger partial charge is 0.203 e. The molecule has 0 spiro atoms. The second-order valence-corrected chi connectivity index (χ2v) is 5.14. The van der Waals surface area contributed by atoms with Gasteiger partial charge in [-0.25, -0.2) is 0 Å². The molecule has 0 radical (unpaired) electrons. The van der Waals surface area contributed by atoms with E-state index < -0.39 is 0 Å². The highest BCUT2D eigenvalue weighted by molar-refractivity contribution is 5.71. The van der Waals surface area contributed by atoms with Crippen molar-refractivity contribution in [1.82, 2.24) is 0 Å². The van der Waals surface area contributed by atoms with Gasteiger partial charge in [-0.15, -0.1) is 0 Å². The molecule has 4 heteroatoms. The molecule has 0 bridgehead atoms. The molecule has 24 heavy (non-hydrogen) atoms. The van der Waals surface area contributed by atoms with Gasteiger partial charge >= 0.3 is 0 Å². The number of para-hydroxylation sites is 2. The van der Waals surface area contributed by atoms with E-state index in [1.165, 1.54) is 0 Å². The molecular weight excluding hydrogens is 304 g/mol. The van der Waals surface area contributed by atoms with E-state index in [1.54, 1.807) is 26.4 Å². The minimum absolute atomic E-state index is 0.230. The number of ether oxygens (including phenoxy) is 3. The molecule has 0 atom stereocenters. The predicted molar refractivity (Wildman–Crippen MR) is 93.2 cm³/mol. The van der Waals surface area contributed by atoms with Crippen LogP contribution in [0.25, 0.3) is 11.1 Å². The Hall–Kier alpha value is -3.14. The summed E-state index contributed by atoms with van der Waals surface area (Å²) in [6.45, 7) is 0. The number of hydrogen-bond donors (Lipinski definition) is 1. The highest BCUT2D eigenvalue weighted by Crippen LogP contribution is 2.40. The Kier molecular flexibility index (Phi) is 4.57. The molecule has 3 aromatic rings. The van der Waals surface area contributed by atoms with E-state index in [1.807, 2.05) is 54.6 Å². The lowest BCUT2D eigenvalue weighted by molar-refractivity contribution is 0.336. The van der Waals surface area contributed by atoms with E-state index in [-0.39, 0.29) is 5.75 Å². The lowest BCUT2D eigenvalue weighted by Crippen LogP contribution is -1.94. The summed E-state index contributed by atoms with van der Waals surface area (Å²) in [4.78, 5) is 0. The monoisotopic (exact) mass is 322 g/mol. The molecule has 3 rings (SSSR count). The first-order valence-corrected chi connectivity index (χ1v) is 7.50. The Morgan fingerprint density at radius 1 is 0.750 bits per heavy atom. The first-order chi connectivity index (χ1) is 11.7. The SMILES string of the molecule is COc1cccc(Oc2cccc(-c3ccccc3O)c2)c1OC. The molecule has 0 aliphatic carbocycles. The van der Waals surface area contributed by atoms with Gasteiger partial charge in [0.2, 0.25) is 5.75 Å². The van der Waals surface area contributed by atoms with Crippen LogP contribution >= 0.6 is 0 Å². The average Bonchev–Trinajstić information content (AvgIpc) is 2.62. The highest BCUT2D eigenvalue weighted by atomic mass is 16.5. The third-order valence-corrected chi connectivity index (χ3v) is 3.64. The van der Waals surface area contributed by atoms with Crippen LogP contribution in [0.2, 0.25) is 0 Å². The summed E-state index contributed by atoms with van der Waals surface area (Å²) >= 11 is 0. The quantitative estimate of drug-likeness (QED) is 0.728. The van der Waals surface area contributed by atoms with E-state index in [0.717, 1.165) is 11.1 Å². The molecule has 0 aromatic heterocycles. The molecule has 3 aromatic carbocycles. The molecule has 0 aliphatic rings. The maximum absolute atomic E-state index is 10.0. The summed E-state index contributed by atoms with van der Waals surface area (Å²) in [5.41, 5.74) is 1.62. The third-order valence-electron chi connectivity index (χ3n) is 3.64. The molecule has 122 valence electrons. The summed E-state index contributed by atoms with van der Waals surface area (Å²) in [6.07, 6.45) is 0. The van der Waals surface area contributed by atoms with Gasteiger partial charge in [0, 0.05) is 5.56 Å². The molecular formula is C20H18O4. The number of hydrogen-bond acceptors (Lipinski definition) is 4. The second kappa shape index (κ2) is 6.96. The Balaban J connectivity index is 1.95. The van der Waals surface area contributed by atoms with Crippen molar-refractivity contribution in [2.75, 3.05) is 14.2 Å². The van der Waals surface area contributed by atoms with Crippen molar-refractivity contribution in [1.29, 1.82) is 0 Å². The zero-order valence-corrected chi connectivity index (χ0v) is 13.5.